The zero-order valence-electron chi connectivity index (χ0n) is 10.8. The van der Waals surface area contributed by atoms with E-state index in [9.17, 15) is 0 Å². The fourth-order valence-electron chi connectivity index (χ4n) is 1.85. The summed E-state index contributed by atoms with van der Waals surface area (Å²) in [5, 5.41) is 6.57. The molecule has 0 radical (unpaired) electrons. The van der Waals surface area contributed by atoms with Crippen LogP contribution in [0.3, 0.4) is 0 Å². The first-order valence-corrected chi connectivity index (χ1v) is 6.26. The number of benzene rings is 2. The number of nitrogens with one attached hydrogen (secondary N) is 1. The average Bonchev–Trinajstić information content (AvgIpc) is 2.93. The molecule has 20 heavy (non-hydrogen) atoms. The van der Waals surface area contributed by atoms with E-state index in [-0.39, 0.29) is 5.95 Å². The van der Waals surface area contributed by atoms with Gasteiger partial charge in [0, 0.05) is 5.56 Å². The van der Waals surface area contributed by atoms with Crippen LogP contribution in [-0.4, -0.2) is 15.2 Å². The van der Waals surface area contributed by atoms with Gasteiger partial charge in [-0.15, -0.1) is 5.10 Å². The third-order valence-electron chi connectivity index (χ3n) is 2.88. The van der Waals surface area contributed by atoms with E-state index < -0.39 is 0 Å². The van der Waals surface area contributed by atoms with Crippen LogP contribution in [0, 0.1) is 0 Å². The predicted octanol–water partition coefficient (Wildman–Crippen LogP) is 2.63. The predicted molar refractivity (Wildman–Crippen MR) is 77.0 cm³/mol. The lowest BCUT2D eigenvalue weighted by Gasteiger charge is -2.06. The number of rotatable bonds is 4. The summed E-state index contributed by atoms with van der Waals surface area (Å²) in [6.45, 7) is 0.551. The molecule has 5 nitrogen and oxygen atoms in total. The van der Waals surface area contributed by atoms with Crippen LogP contribution < -0.4 is 10.5 Å². The summed E-state index contributed by atoms with van der Waals surface area (Å²) < 4.78 is 5.72. The van der Waals surface area contributed by atoms with Crippen molar-refractivity contribution in [2.45, 2.75) is 6.61 Å². The molecular formula is C15H14N4O. The fraction of sp³-hybridized carbons (Fsp3) is 0.0667. The summed E-state index contributed by atoms with van der Waals surface area (Å²) in [6, 6.07) is 17.7. The molecule has 0 amide bonds. The summed E-state index contributed by atoms with van der Waals surface area (Å²) in [7, 11) is 0. The van der Waals surface area contributed by atoms with Gasteiger partial charge < -0.3 is 10.5 Å². The first-order valence-electron chi connectivity index (χ1n) is 6.26. The summed E-state index contributed by atoms with van der Waals surface area (Å²) in [6.07, 6.45) is 0. The molecule has 0 atom stereocenters. The highest BCUT2D eigenvalue weighted by Crippen LogP contribution is 2.20. The van der Waals surface area contributed by atoms with E-state index in [1.54, 1.807) is 0 Å². The molecule has 1 aromatic heterocycles. The Morgan fingerprint density at radius 3 is 2.40 bits per heavy atom. The van der Waals surface area contributed by atoms with Crippen molar-refractivity contribution in [1.82, 2.24) is 15.2 Å². The first kappa shape index (κ1) is 12.2. The van der Waals surface area contributed by atoms with Gasteiger partial charge in [-0.1, -0.05) is 30.3 Å². The van der Waals surface area contributed by atoms with E-state index in [4.69, 9.17) is 10.5 Å². The molecule has 0 spiro atoms. The maximum atomic E-state index is 5.72. The number of nitrogen functional groups attached to an aromatic ring is 1. The van der Waals surface area contributed by atoms with E-state index in [2.05, 4.69) is 15.2 Å². The topological polar surface area (TPSA) is 76.8 Å². The number of aromatic nitrogens is 3. The van der Waals surface area contributed by atoms with Gasteiger partial charge >= 0.3 is 0 Å². The molecule has 0 aliphatic heterocycles. The van der Waals surface area contributed by atoms with E-state index >= 15 is 0 Å². The molecule has 5 heteroatoms. The summed E-state index contributed by atoms with van der Waals surface area (Å²) >= 11 is 0. The Hall–Kier alpha value is -2.82. The van der Waals surface area contributed by atoms with Crippen LogP contribution in [0.5, 0.6) is 5.75 Å². The van der Waals surface area contributed by atoms with E-state index in [0.717, 1.165) is 16.9 Å². The Bertz CT molecular complexity index is 677. The van der Waals surface area contributed by atoms with Crippen molar-refractivity contribution in [2.24, 2.45) is 0 Å². The number of H-pyrrole nitrogens is 1. The van der Waals surface area contributed by atoms with Crippen LogP contribution >= 0.6 is 0 Å². The third-order valence-corrected chi connectivity index (χ3v) is 2.88. The van der Waals surface area contributed by atoms with Crippen LogP contribution in [0.1, 0.15) is 5.56 Å². The van der Waals surface area contributed by atoms with Crippen molar-refractivity contribution in [3.05, 3.63) is 60.2 Å². The summed E-state index contributed by atoms with van der Waals surface area (Å²) in [5.41, 5.74) is 7.54. The van der Waals surface area contributed by atoms with Crippen LogP contribution in [0.25, 0.3) is 11.4 Å². The summed E-state index contributed by atoms with van der Waals surface area (Å²) in [4.78, 5) is 4.07. The second-order valence-electron chi connectivity index (χ2n) is 4.34. The van der Waals surface area contributed by atoms with E-state index in [1.165, 1.54) is 0 Å². The van der Waals surface area contributed by atoms with E-state index in [0.29, 0.717) is 12.4 Å². The molecule has 0 saturated heterocycles. The second-order valence-corrected chi connectivity index (χ2v) is 4.34. The molecule has 0 aliphatic rings. The number of nitrogens with zero attached hydrogens (tertiary/aromatic N) is 2. The van der Waals surface area contributed by atoms with Gasteiger partial charge in [-0.05, 0) is 29.8 Å². The lowest BCUT2D eigenvalue weighted by atomic mass is 10.2. The Morgan fingerprint density at radius 2 is 1.75 bits per heavy atom. The SMILES string of the molecule is Nc1n[nH]c(-c2ccc(OCc3ccccc3)cc2)n1. The standard InChI is InChI=1S/C15H14N4O/c16-15-17-14(18-19-15)12-6-8-13(9-7-12)20-10-11-4-2-1-3-5-11/h1-9H,10H2,(H3,16,17,18,19). The zero-order valence-corrected chi connectivity index (χ0v) is 10.8. The smallest absolute Gasteiger partial charge is 0.239 e. The minimum Gasteiger partial charge on any atom is -0.489 e. The third kappa shape index (κ3) is 2.77. The minimum atomic E-state index is 0.240. The number of hydrogen-bond acceptors (Lipinski definition) is 4. The fourth-order valence-corrected chi connectivity index (χ4v) is 1.85. The molecule has 0 unspecified atom stereocenters. The zero-order chi connectivity index (χ0) is 13.8. The van der Waals surface area contributed by atoms with Crippen molar-refractivity contribution < 1.29 is 4.74 Å². The number of anilines is 1. The van der Waals surface area contributed by atoms with Gasteiger partial charge in [0.2, 0.25) is 5.95 Å². The van der Waals surface area contributed by atoms with Gasteiger partial charge in [-0.2, -0.15) is 4.98 Å². The summed E-state index contributed by atoms with van der Waals surface area (Å²) in [5.74, 6) is 1.70. The van der Waals surface area contributed by atoms with Crippen LogP contribution in [0.2, 0.25) is 0 Å². The Balaban J connectivity index is 1.67. The Morgan fingerprint density at radius 1 is 1.00 bits per heavy atom. The monoisotopic (exact) mass is 266 g/mol. The lowest BCUT2D eigenvalue weighted by molar-refractivity contribution is 0.306. The van der Waals surface area contributed by atoms with Crippen LogP contribution in [-0.2, 0) is 6.61 Å². The molecule has 1 heterocycles. The van der Waals surface area contributed by atoms with E-state index in [1.807, 2.05) is 54.6 Å². The van der Waals surface area contributed by atoms with Gasteiger partial charge in [0.05, 0.1) is 0 Å². The second kappa shape index (κ2) is 5.44. The van der Waals surface area contributed by atoms with Crippen molar-refractivity contribution in [3.63, 3.8) is 0 Å². The lowest BCUT2D eigenvalue weighted by Crippen LogP contribution is -1.94. The van der Waals surface area contributed by atoms with Crippen molar-refractivity contribution >= 4 is 5.95 Å². The van der Waals surface area contributed by atoms with Gasteiger partial charge in [-0.3, -0.25) is 5.10 Å². The normalized spacial score (nSPS) is 10.4. The Labute approximate surface area is 116 Å². The van der Waals surface area contributed by atoms with Crippen molar-refractivity contribution in [1.29, 1.82) is 0 Å². The van der Waals surface area contributed by atoms with Gasteiger partial charge in [0.15, 0.2) is 5.82 Å². The molecule has 3 rings (SSSR count). The quantitative estimate of drug-likeness (QED) is 0.761. The Kier molecular flexibility index (Phi) is 3.33. The number of aromatic amines is 1. The highest BCUT2D eigenvalue weighted by atomic mass is 16.5. The molecule has 0 saturated carbocycles. The van der Waals surface area contributed by atoms with Crippen molar-refractivity contribution in [3.8, 4) is 17.1 Å². The highest BCUT2D eigenvalue weighted by molar-refractivity contribution is 5.56. The molecule has 0 fully saturated rings. The van der Waals surface area contributed by atoms with Gasteiger partial charge in [0.1, 0.15) is 12.4 Å². The van der Waals surface area contributed by atoms with Crippen molar-refractivity contribution in [2.75, 3.05) is 5.73 Å². The molecule has 2 aromatic carbocycles. The molecule has 0 aliphatic carbocycles. The molecule has 3 N–H and O–H groups in total. The number of nitrogens with two attached hydrogens (primary N) is 1. The number of hydrogen-bond donors (Lipinski definition) is 2. The molecule has 0 bridgehead atoms. The largest absolute Gasteiger partial charge is 0.489 e. The molecular weight excluding hydrogens is 252 g/mol. The maximum absolute atomic E-state index is 5.72. The highest BCUT2D eigenvalue weighted by Gasteiger charge is 2.03. The van der Waals surface area contributed by atoms with Gasteiger partial charge in [0.25, 0.3) is 0 Å². The number of ether oxygens (including phenoxy) is 1. The first-order chi connectivity index (χ1) is 9.81. The van der Waals surface area contributed by atoms with Crippen LogP contribution in [0.15, 0.2) is 54.6 Å². The minimum absolute atomic E-state index is 0.240. The average molecular weight is 266 g/mol. The maximum Gasteiger partial charge on any atom is 0.239 e. The van der Waals surface area contributed by atoms with Gasteiger partial charge in [-0.25, -0.2) is 0 Å². The molecule has 3 aromatic rings. The van der Waals surface area contributed by atoms with Crippen LogP contribution in [0.4, 0.5) is 5.95 Å². The molecule has 100 valence electrons.